The van der Waals surface area contributed by atoms with E-state index >= 15 is 0 Å². The van der Waals surface area contributed by atoms with Gasteiger partial charge in [0.05, 0.1) is 0 Å². The fraction of sp³-hybridized carbons (Fsp3) is 0.133. The molecule has 5 heteroatoms. The maximum Gasteiger partial charge on any atom is 0.265 e. The molecule has 104 valence electrons. The number of halogens is 2. The Balaban J connectivity index is 1.99. The highest BCUT2D eigenvalue weighted by molar-refractivity contribution is 9.10. The Bertz CT molecular complexity index is 601. The number of anilines is 1. The highest BCUT2D eigenvalue weighted by atomic mass is 79.9. The van der Waals surface area contributed by atoms with Gasteiger partial charge in [0.25, 0.3) is 5.91 Å². The monoisotopic (exact) mass is 337 g/mol. The lowest BCUT2D eigenvalue weighted by Gasteiger charge is -2.15. The Labute approximate surface area is 124 Å². The Morgan fingerprint density at radius 3 is 2.50 bits per heavy atom. The van der Waals surface area contributed by atoms with Crippen LogP contribution < -0.4 is 10.1 Å². The van der Waals surface area contributed by atoms with Crippen LogP contribution >= 0.6 is 15.9 Å². The third-order valence-electron chi connectivity index (χ3n) is 2.62. The molecule has 0 aromatic heterocycles. The molecule has 0 bridgehead atoms. The van der Waals surface area contributed by atoms with E-state index in [9.17, 15) is 9.18 Å². The number of hydrogen-bond acceptors (Lipinski definition) is 2. The molecule has 2 aromatic carbocycles. The second kappa shape index (κ2) is 6.52. The predicted molar refractivity (Wildman–Crippen MR) is 79.3 cm³/mol. The van der Waals surface area contributed by atoms with Crippen LogP contribution in [0.2, 0.25) is 0 Å². The summed E-state index contributed by atoms with van der Waals surface area (Å²) in [6.07, 6.45) is -0.796. The quantitative estimate of drug-likeness (QED) is 0.915. The summed E-state index contributed by atoms with van der Waals surface area (Å²) in [5, 5.41) is 2.70. The van der Waals surface area contributed by atoms with Crippen LogP contribution in [-0.4, -0.2) is 12.0 Å². The molecule has 3 nitrogen and oxygen atoms in total. The summed E-state index contributed by atoms with van der Waals surface area (Å²) in [7, 11) is 0. The summed E-state index contributed by atoms with van der Waals surface area (Å²) < 4.78 is 19.7. The fourth-order valence-corrected chi connectivity index (χ4v) is 1.83. The number of benzene rings is 2. The van der Waals surface area contributed by atoms with Crippen molar-refractivity contribution in [2.75, 3.05) is 5.32 Å². The van der Waals surface area contributed by atoms with Gasteiger partial charge in [0.1, 0.15) is 0 Å². The maximum absolute atomic E-state index is 13.4. The molecule has 0 saturated carbocycles. The van der Waals surface area contributed by atoms with Crippen LogP contribution in [0.15, 0.2) is 53.0 Å². The summed E-state index contributed by atoms with van der Waals surface area (Å²) in [5.41, 5.74) is 0.655. The molecular formula is C15H13BrFNO2. The lowest BCUT2D eigenvalue weighted by molar-refractivity contribution is -0.122. The zero-order valence-electron chi connectivity index (χ0n) is 10.8. The molecule has 0 saturated heterocycles. The zero-order chi connectivity index (χ0) is 14.5. The van der Waals surface area contributed by atoms with Gasteiger partial charge < -0.3 is 10.1 Å². The van der Waals surface area contributed by atoms with Crippen molar-refractivity contribution >= 4 is 27.5 Å². The van der Waals surface area contributed by atoms with E-state index in [1.54, 1.807) is 31.2 Å². The first-order valence-electron chi connectivity index (χ1n) is 6.04. The van der Waals surface area contributed by atoms with E-state index in [0.29, 0.717) is 5.69 Å². The number of nitrogens with one attached hydrogen (secondary N) is 1. The zero-order valence-corrected chi connectivity index (χ0v) is 12.4. The van der Waals surface area contributed by atoms with Gasteiger partial charge in [0.2, 0.25) is 0 Å². The summed E-state index contributed by atoms with van der Waals surface area (Å²) >= 11 is 3.31. The molecule has 0 fully saturated rings. The molecule has 2 rings (SSSR count). The van der Waals surface area contributed by atoms with Gasteiger partial charge in [-0.1, -0.05) is 28.1 Å². The van der Waals surface area contributed by atoms with Crippen LogP contribution in [-0.2, 0) is 4.79 Å². The molecule has 0 radical (unpaired) electrons. The first kappa shape index (κ1) is 14.5. The molecule has 0 spiro atoms. The van der Waals surface area contributed by atoms with Gasteiger partial charge in [-0.05, 0) is 43.3 Å². The van der Waals surface area contributed by atoms with Crippen molar-refractivity contribution in [3.8, 4) is 5.75 Å². The molecule has 0 unspecified atom stereocenters. The SMILES string of the molecule is C[C@@H](Oc1ccccc1F)C(=O)Nc1ccc(Br)cc1. The van der Waals surface area contributed by atoms with Gasteiger partial charge in [0, 0.05) is 10.2 Å². The Morgan fingerprint density at radius 1 is 1.20 bits per heavy atom. The number of para-hydroxylation sites is 1. The summed E-state index contributed by atoms with van der Waals surface area (Å²) in [5.74, 6) is -0.766. The average molecular weight is 338 g/mol. The standard InChI is InChI=1S/C15H13BrFNO2/c1-10(20-14-5-3-2-4-13(14)17)15(19)18-12-8-6-11(16)7-9-12/h2-10H,1H3,(H,18,19)/t10-/m1/s1. The van der Waals surface area contributed by atoms with Gasteiger partial charge in [-0.15, -0.1) is 0 Å². The summed E-state index contributed by atoms with van der Waals surface area (Å²) in [6.45, 7) is 1.57. The number of carbonyl (C=O) groups is 1. The molecule has 1 amide bonds. The Hall–Kier alpha value is -1.88. The summed E-state index contributed by atoms with van der Waals surface area (Å²) in [4.78, 5) is 11.9. The predicted octanol–water partition coefficient (Wildman–Crippen LogP) is 3.99. The maximum atomic E-state index is 13.4. The van der Waals surface area contributed by atoms with Crippen molar-refractivity contribution < 1.29 is 13.9 Å². The van der Waals surface area contributed by atoms with E-state index in [1.807, 2.05) is 12.1 Å². The number of rotatable bonds is 4. The molecule has 0 aliphatic rings. The first-order valence-corrected chi connectivity index (χ1v) is 6.83. The minimum Gasteiger partial charge on any atom is -0.478 e. The minimum atomic E-state index is -0.796. The van der Waals surface area contributed by atoms with Crippen LogP contribution in [0.3, 0.4) is 0 Å². The van der Waals surface area contributed by atoms with Crippen LogP contribution in [0.4, 0.5) is 10.1 Å². The van der Waals surface area contributed by atoms with Crippen LogP contribution in [0.1, 0.15) is 6.92 Å². The lowest BCUT2D eigenvalue weighted by Crippen LogP contribution is -2.30. The van der Waals surface area contributed by atoms with Crippen LogP contribution in [0.5, 0.6) is 5.75 Å². The van der Waals surface area contributed by atoms with Crippen molar-refractivity contribution in [3.63, 3.8) is 0 Å². The molecule has 0 heterocycles. The molecule has 1 N–H and O–H groups in total. The number of hydrogen-bond donors (Lipinski definition) is 1. The van der Waals surface area contributed by atoms with Gasteiger partial charge >= 0.3 is 0 Å². The minimum absolute atomic E-state index is 0.0611. The highest BCUT2D eigenvalue weighted by Gasteiger charge is 2.16. The van der Waals surface area contributed by atoms with Crippen LogP contribution in [0.25, 0.3) is 0 Å². The van der Waals surface area contributed by atoms with E-state index in [0.717, 1.165) is 4.47 Å². The third kappa shape index (κ3) is 3.81. The van der Waals surface area contributed by atoms with Crippen molar-refractivity contribution in [3.05, 3.63) is 58.8 Å². The molecular weight excluding hydrogens is 325 g/mol. The molecule has 0 aliphatic carbocycles. The first-order chi connectivity index (χ1) is 9.56. The van der Waals surface area contributed by atoms with Crippen molar-refractivity contribution in [1.29, 1.82) is 0 Å². The fourth-order valence-electron chi connectivity index (χ4n) is 1.56. The van der Waals surface area contributed by atoms with Crippen molar-refractivity contribution in [2.24, 2.45) is 0 Å². The smallest absolute Gasteiger partial charge is 0.265 e. The second-order valence-corrected chi connectivity index (χ2v) is 5.10. The van der Waals surface area contributed by atoms with Gasteiger partial charge in [-0.3, -0.25) is 4.79 Å². The van der Waals surface area contributed by atoms with E-state index in [2.05, 4.69) is 21.2 Å². The highest BCUT2D eigenvalue weighted by Crippen LogP contribution is 2.18. The normalized spacial score (nSPS) is 11.8. The second-order valence-electron chi connectivity index (χ2n) is 4.19. The van der Waals surface area contributed by atoms with Gasteiger partial charge in [-0.25, -0.2) is 4.39 Å². The molecule has 0 aliphatic heterocycles. The van der Waals surface area contributed by atoms with Crippen molar-refractivity contribution in [1.82, 2.24) is 0 Å². The Kier molecular flexibility index (Phi) is 4.74. The average Bonchev–Trinajstić information content (AvgIpc) is 2.44. The van der Waals surface area contributed by atoms with E-state index in [1.165, 1.54) is 12.1 Å². The molecule has 1 atom stereocenters. The number of carbonyl (C=O) groups excluding carboxylic acids is 1. The lowest BCUT2D eigenvalue weighted by atomic mass is 10.3. The summed E-state index contributed by atoms with van der Waals surface area (Å²) in [6, 6.07) is 13.1. The number of amides is 1. The van der Waals surface area contributed by atoms with E-state index in [-0.39, 0.29) is 11.7 Å². The van der Waals surface area contributed by atoms with Gasteiger partial charge in [-0.2, -0.15) is 0 Å². The van der Waals surface area contributed by atoms with Gasteiger partial charge in [0.15, 0.2) is 17.7 Å². The van der Waals surface area contributed by atoms with E-state index in [4.69, 9.17) is 4.74 Å². The topological polar surface area (TPSA) is 38.3 Å². The molecule has 2 aromatic rings. The van der Waals surface area contributed by atoms with E-state index < -0.39 is 11.9 Å². The largest absolute Gasteiger partial charge is 0.478 e. The van der Waals surface area contributed by atoms with Crippen molar-refractivity contribution in [2.45, 2.75) is 13.0 Å². The number of ether oxygens (including phenoxy) is 1. The Morgan fingerprint density at radius 2 is 1.85 bits per heavy atom. The third-order valence-corrected chi connectivity index (χ3v) is 3.15. The molecule has 20 heavy (non-hydrogen) atoms. The van der Waals surface area contributed by atoms with Crippen LogP contribution in [0, 0.1) is 5.82 Å².